The lowest BCUT2D eigenvalue weighted by atomic mass is 9.72. The highest BCUT2D eigenvalue weighted by Gasteiger charge is 2.36. The van der Waals surface area contributed by atoms with Gasteiger partial charge in [0.2, 0.25) is 0 Å². The molecule has 0 aliphatic heterocycles. The van der Waals surface area contributed by atoms with Gasteiger partial charge in [-0.25, -0.2) is 4.79 Å². The molecule has 0 bridgehead atoms. The van der Waals surface area contributed by atoms with E-state index in [1.807, 2.05) is 13.0 Å². The number of benzene rings is 1. The predicted octanol–water partition coefficient (Wildman–Crippen LogP) is 4.41. The summed E-state index contributed by atoms with van der Waals surface area (Å²) in [7, 11) is 0. The van der Waals surface area contributed by atoms with Crippen LogP contribution in [-0.2, 0) is 4.74 Å². The molecule has 0 radical (unpaired) electrons. The molecular weight excluding hydrogens is 262 g/mol. The third-order valence-electron chi connectivity index (χ3n) is 4.39. The number of carbonyl (C=O) groups is 1. The minimum Gasteiger partial charge on any atom is -0.450 e. The number of rotatable bonds is 5. The number of nitrogens with one attached hydrogen (secondary N) is 1. The largest absolute Gasteiger partial charge is 0.450 e. The van der Waals surface area contributed by atoms with E-state index in [1.54, 1.807) is 0 Å². The summed E-state index contributed by atoms with van der Waals surface area (Å²) in [6, 6.07) is 10.6. The van der Waals surface area contributed by atoms with Gasteiger partial charge < -0.3 is 10.1 Å². The quantitative estimate of drug-likeness (QED) is 0.815. The molecule has 0 spiro atoms. The number of hydrogen-bond donors (Lipinski definition) is 1. The summed E-state index contributed by atoms with van der Waals surface area (Å²) in [5.41, 5.74) is 1.22. The Kier molecular flexibility index (Phi) is 5.43. The van der Waals surface area contributed by atoms with Crippen molar-refractivity contribution in [1.29, 1.82) is 0 Å². The molecule has 1 aliphatic carbocycles. The van der Waals surface area contributed by atoms with Gasteiger partial charge in [-0.05, 0) is 50.5 Å². The molecule has 3 heteroatoms. The number of hydrogen-bond acceptors (Lipinski definition) is 2. The minimum atomic E-state index is -0.308. The Morgan fingerprint density at radius 3 is 2.62 bits per heavy atom. The van der Waals surface area contributed by atoms with E-state index in [-0.39, 0.29) is 11.6 Å². The Bertz CT molecular complexity index is 461. The van der Waals surface area contributed by atoms with E-state index in [2.05, 4.69) is 42.2 Å². The fraction of sp³-hybridized carbons (Fsp3) is 0.500. The molecule has 3 nitrogen and oxygen atoms in total. The van der Waals surface area contributed by atoms with Crippen LogP contribution in [0.3, 0.4) is 0 Å². The predicted molar refractivity (Wildman–Crippen MR) is 85.4 cm³/mol. The first-order valence-electron chi connectivity index (χ1n) is 7.80. The van der Waals surface area contributed by atoms with Crippen LogP contribution in [-0.4, -0.2) is 18.2 Å². The van der Waals surface area contributed by atoms with E-state index < -0.39 is 0 Å². The van der Waals surface area contributed by atoms with Gasteiger partial charge in [0.1, 0.15) is 0 Å². The Morgan fingerprint density at radius 1 is 1.38 bits per heavy atom. The average Bonchev–Trinajstić information content (AvgIpc) is 2.49. The third kappa shape index (κ3) is 4.10. The van der Waals surface area contributed by atoms with Crippen molar-refractivity contribution in [2.45, 2.75) is 50.5 Å². The van der Waals surface area contributed by atoms with Crippen molar-refractivity contribution < 1.29 is 9.53 Å². The van der Waals surface area contributed by atoms with E-state index in [0.29, 0.717) is 12.5 Å². The lowest BCUT2D eigenvalue weighted by Crippen LogP contribution is -2.50. The van der Waals surface area contributed by atoms with E-state index in [0.717, 1.165) is 32.1 Å². The minimum absolute atomic E-state index is 0.181. The van der Waals surface area contributed by atoms with E-state index >= 15 is 0 Å². The van der Waals surface area contributed by atoms with Crippen molar-refractivity contribution in [1.82, 2.24) is 5.32 Å². The molecule has 0 aromatic heterocycles. The maximum Gasteiger partial charge on any atom is 0.407 e. The van der Waals surface area contributed by atoms with Crippen molar-refractivity contribution in [3.63, 3.8) is 0 Å². The van der Waals surface area contributed by atoms with Crippen LogP contribution < -0.4 is 5.32 Å². The second-order valence-corrected chi connectivity index (χ2v) is 5.80. The molecule has 21 heavy (non-hydrogen) atoms. The Balaban J connectivity index is 2.00. The third-order valence-corrected chi connectivity index (χ3v) is 4.39. The molecule has 1 N–H and O–H groups in total. The summed E-state index contributed by atoms with van der Waals surface area (Å²) in [6.45, 7) is 6.07. The molecule has 1 amide bonds. The van der Waals surface area contributed by atoms with Crippen LogP contribution in [0, 0.1) is 0 Å². The van der Waals surface area contributed by atoms with Gasteiger partial charge >= 0.3 is 6.09 Å². The molecule has 0 saturated heterocycles. The summed E-state index contributed by atoms with van der Waals surface area (Å²) >= 11 is 0. The average molecular weight is 287 g/mol. The zero-order valence-electron chi connectivity index (χ0n) is 12.8. The molecule has 1 aromatic rings. The molecule has 0 heterocycles. The molecule has 1 saturated carbocycles. The number of amides is 1. The van der Waals surface area contributed by atoms with Gasteiger partial charge in [0, 0.05) is 5.54 Å². The van der Waals surface area contributed by atoms with Gasteiger partial charge in [0.15, 0.2) is 0 Å². The fourth-order valence-corrected chi connectivity index (χ4v) is 3.27. The lowest BCUT2D eigenvalue weighted by Gasteiger charge is -2.40. The second kappa shape index (κ2) is 7.30. The summed E-state index contributed by atoms with van der Waals surface area (Å²) in [6.07, 6.45) is 6.50. The van der Waals surface area contributed by atoms with E-state index in [4.69, 9.17) is 4.74 Å². The summed E-state index contributed by atoms with van der Waals surface area (Å²) < 4.78 is 5.04. The smallest absolute Gasteiger partial charge is 0.407 e. The van der Waals surface area contributed by atoms with Crippen LogP contribution in [0.15, 0.2) is 43.0 Å². The van der Waals surface area contributed by atoms with Crippen LogP contribution in [0.1, 0.15) is 50.5 Å². The van der Waals surface area contributed by atoms with Gasteiger partial charge in [-0.3, -0.25) is 0 Å². The van der Waals surface area contributed by atoms with Crippen LogP contribution in [0.25, 0.3) is 0 Å². The van der Waals surface area contributed by atoms with Crippen molar-refractivity contribution in [3.05, 3.63) is 48.6 Å². The zero-order valence-corrected chi connectivity index (χ0v) is 12.8. The van der Waals surface area contributed by atoms with Gasteiger partial charge in [0.05, 0.1) is 6.61 Å². The van der Waals surface area contributed by atoms with Gasteiger partial charge in [-0.1, -0.05) is 36.4 Å². The first-order chi connectivity index (χ1) is 10.2. The van der Waals surface area contributed by atoms with E-state index in [1.165, 1.54) is 5.56 Å². The molecule has 0 unspecified atom stereocenters. The first kappa shape index (κ1) is 15.6. The first-order valence-corrected chi connectivity index (χ1v) is 7.80. The highest BCUT2D eigenvalue weighted by atomic mass is 16.5. The monoisotopic (exact) mass is 287 g/mol. The van der Waals surface area contributed by atoms with Crippen molar-refractivity contribution in [2.24, 2.45) is 0 Å². The van der Waals surface area contributed by atoms with Crippen molar-refractivity contribution in [2.75, 3.05) is 6.61 Å². The summed E-state index contributed by atoms with van der Waals surface area (Å²) in [5, 5.41) is 3.07. The second-order valence-electron chi connectivity index (χ2n) is 5.80. The van der Waals surface area contributed by atoms with Crippen LogP contribution in [0.2, 0.25) is 0 Å². The molecule has 2 rings (SSSR count). The molecule has 114 valence electrons. The van der Waals surface area contributed by atoms with Crippen LogP contribution in [0.4, 0.5) is 4.79 Å². The normalized spacial score (nSPS) is 25.1. The van der Waals surface area contributed by atoms with Crippen molar-refractivity contribution >= 4 is 6.09 Å². The topological polar surface area (TPSA) is 38.3 Å². The molecule has 0 atom stereocenters. The number of alkyl carbamates (subject to hydrolysis) is 1. The van der Waals surface area contributed by atoms with Gasteiger partial charge in [-0.15, -0.1) is 6.58 Å². The van der Waals surface area contributed by atoms with Gasteiger partial charge in [0.25, 0.3) is 0 Å². The number of ether oxygens (including phenoxy) is 1. The standard InChI is InChI=1S/C18H25NO2/c1-3-12-18(19-17(20)21-4-2)13-10-16(11-14-18)15-8-6-5-7-9-15/h3,5-9,16H,1,4,10-14H2,2H3,(H,19,20). The molecule has 1 aromatic carbocycles. The molecular formula is C18H25NO2. The Labute approximate surface area is 127 Å². The van der Waals surface area contributed by atoms with Crippen molar-refractivity contribution in [3.8, 4) is 0 Å². The van der Waals surface area contributed by atoms with Crippen LogP contribution in [0.5, 0.6) is 0 Å². The summed E-state index contributed by atoms with van der Waals surface area (Å²) in [4.78, 5) is 11.8. The van der Waals surface area contributed by atoms with E-state index in [9.17, 15) is 4.79 Å². The zero-order chi connectivity index (χ0) is 15.1. The maximum atomic E-state index is 11.8. The fourth-order valence-electron chi connectivity index (χ4n) is 3.27. The Hall–Kier alpha value is -1.77. The van der Waals surface area contributed by atoms with Gasteiger partial charge in [-0.2, -0.15) is 0 Å². The Morgan fingerprint density at radius 2 is 2.05 bits per heavy atom. The highest BCUT2D eigenvalue weighted by molar-refractivity contribution is 5.68. The lowest BCUT2D eigenvalue weighted by molar-refractivity contribution is 0.126. The molecule has 1 fully saturated rings. The van der Waals surface area contributed by atoms with Crippen LogP contribution >= 0.6 is 0 Å². The SMILES string of the molecule is C=CCC1(NC(=O)OCC)CCC(c2ccccc2)CC1. The highest BCUT2D eigenvalue weighted by Crippen LogP contribution is 2.39. The molecule has 1 aliphatic rings. The maximum absolute atomic E-state index is 11.8. The number of carbonyl (C=O) groups excluding carboxylic acids is 1. The summed E-state index contributed by atoms with van der Waals surface area (Å²) in [5.74, 6) is 0.591.